The largest absolute Gasteiger partial charge is 0.481 e. The molecule has 0 saturated heterocycles. The molecule has 1 N–H and O–H groups in total. The molecule has 0 aliphatic heterocycles. The Kier molecular flexibility index (Phi) is 16.5. The van der Waals surface area contributed by atoms with E-state index in [1.807, 2.05) is 18.2 Å². The van der Waals surface area contributed by atoms with Crippen LogP contribution in [0.4, 0.5) is 0 Å². The maximum atomic E-state index is 10.7. The number of unbranched alkanes of at least 4 members (excludes halogenated alkanes) is 4. The van der Waals surface area contributed by atoms with Crippen LogP contribution in [0.3, 0.4) is 0 Å². The van der Waals surface area contributed by atoms with Crippen molar-refractivity contribution in [2.45, 2.75) is 71.1 Å². The fourth-order valence-corrected chi connectivity index (χ4v) is 2.94. The van der Waals surface area contributed by atoms with E-state index in [9.17, 15) is 9.59 Å². The molecule has 0 fully saturated rings. The molecule has 4 heteroatoms. The summed E-state index contributed by atoms with van der Waals surface area (Å²) in [5.74, 6) is -0.712. The number of aliphatic carboxylic acids is 1. The van der Waals surface area contributed by atoms with Crippen LogP contribution in [-0.2, 0) is 4.79 Å². The van der Waals surface area contributed by atoms with Crippen LogP contribution in [0.1, 0.15) is 71.1 Å². The molecule has 0 aliphatic carbocycles. The molecule has 1 aromatic heterocycles. The summed E-state index contributed by atoms with van der Waals surface area (Å²) < 4.78 is 4.91. The summed E-state index contributed by atoms with van der Waals surface area (Å²) in [5, 5.41) is 9.44. The number of carboxylic acid groups (broad SMARTS) is 1. The van der Waals surface area contributed by atoms with E-state index in [1.54, 1.807) is 12.1 Å². The van der Waals surface area contributed by atoms with Gasteiger partial charge >= 0.3 is 11.6 Å². The number of rotatable bonds is 14. The molecule has 1 heterocycles. The fraction of sp³-hybridized carbons (Fsp3) is 0.379. The number of carbonyl (C=O) groups is 1. The van der Waals surface area contributed by atoms with Gasteiger partial charge in [0, 0.05) is 17.9 Å². The Hall–Kier alpha value is -3.14. The predicted molar refractivity (Wildman–Crippen MR) is 139 cm³/mol. The lowest BCUT2D eigenvalue weighted by Gasteiger charge is -1.91. The van der Waals surface area contributed by atoms with E-state index < -0.39 is 5.97 Å². The van der Waals surface area contributed by atoms with Crippen molar-refractivity contribution in [2.75, 3.05) is 0 Å². The molecule has 0 saturated carbocycles. The summed E-state index contributed by atoms with van der Waals surface area (Å²) in [6, 6.07) is 10.6. The Morgan fingerprint density at radius 1 is 0.788 bits per heavy atom. The number of fused-ring (bicyclic) bond motifs is 1. The average Bonchev–Trinajstić information content (AvgIpc) is 2.81. The number of hydrogen-bond donors (Lipinski definition) is 1. The van der Waals surface area contributed by atoms with Crippen LogP contribution >= 0.6 is 0 Å². The predicted octanol–water partition coefficient (Wildman–Crippen LogP) is 8.01. The molecule has 0 aliphatic rings. The van der Waals surface area contributed by atoms with Gasteiger partial charge in [0.1, 0.15) is 5.58 Å². The summed E-state index contributed by atoms with van der Waals surface area (Å²) in [6.45, 7) is 2.23. The standard InChI is InChI=1S/C20H32O2.C9H6O2/c1-2-3-4-5-6-7-8-9-10-11-12-13-14-15-16-17-18-19-20(21)22;10-9-6-5-7-3-1-2-4-8(7)11-9/h6-7,9-10,12-13,15-16H,2-5,8,11,14,17-19H2,1H3,(H,21,22);1-6H/b7-6-,10-9-,13-12-,16-15-;. The van der Waals surface area contributed by atoms with Crippen molar-refractivity contribution in [1.82, 2.24) is 0 Å². The lowest BCUT2D eigenvalue weighted by atomic mass is 10.2. The molecule has 0 amide bonds. The monoisotopic (exact) mass is 450 g/mol. The summed E-state index contributed by atoms with van der Waals surface area (Å²) in [6.07, 6.45) is 27.3. The van der Waals surface area contributed by atoms with Gasteiger partial charge in [0.2, 0.25) is 0 Å². The molecule has 0 atom stereocenters. The number of para-hydroxylation sites is 1. The van der Waals surface area contributed by atoms with E-state index in [-0.39, 0.29) is 12.0 Å². The quantitative estimate of drug-likeness (QED) is 0.180. The minimum atomic E-state index is -0.712. The molecule has 0 radical (unpaired) electrons. The molecular weight excluding hydrogens is 412 g/mol. The SMILES string of the molecule is CCCCC/C=C\C/C=C\C/C=C\C/C=C\CCCC(=O)O.O=c1ccc2ccccc2o1. The first-order chi connectivity index (χ1) is 16.1. The first-order valence-corrected chi connectivity index (χ1v) is 11.9. The van der Waals surface area contributed by atoms with Crippen molar-refractivity contribution in [1.29, 1.82) is 0 Å². The van der Waals surface area contributed by atoms with E-state index in [4.69, 9.17) is 9.52 Å². The average molecular weight is 451 g/mol. The number of hydrogen-bond acceptors (Lipinski definition) is 3. The number of allylic oxidation sites excluding steroid dienone is 8. The first-order valence-electron chi connectivity index (χ1n) is 11.9. The summed E-state index contributed by atoms with van der Waals surface area (Å²) in [7, 11) is 0. The zero-order chi connectivity index (χ0) is 24.0. The summed E-state index contributed by atoms with van der Waals surface area (Å²) in [4.78, 5) is 21.0. The van der Waals surface area contributed by atoms with Crippen LogP contribution in [0.25, 0.3) is 11.0 Å². The minimum Gasteiger partial charge on any atom is -0.481 e. The van der Waals surface area contributed by atoms with E-state index in [2.05, 4.69) is 55.5 Å². The molecule has 1 aromatic carbocycles. The second kappa shape index (κ2) is 19.5. The zero-order valence-electron chi connectivity index (χ0n) is 19.8. The maximum Gasteiger partial charge on any atom is 0.336 e. The third kappa shape index (κ3) is 16.2. The summed E-state index contributed by atoms with van der Waals surface area (Å²) in [5.41, 5.74) is 0.337. The van der Waals surface area contributed by atoms with Crippen LogP contribution in [0.15, 0.2) is 94.2 Å². The topological polar surface area (TPSA) is 67.5 Å². The first kappa shape index (κ1) is 27.9. The second-order valence-corrected chi connectivity index (χ2v) is 7.67. The Morgan fingerprint density at radius 2 is 1.36 bits per heavy atom. The molecule has 0 bridgehead atoms. The highest BCUT2D eigenvalue weighted by Crippen LogP contribution is 2.09. The maximum absolute atomic E-state index is 10.7. The third-order valence-electron chi connectivity index (χ3n) is 4.75. The van der Waals surface area contributed by atoms with Gasteiger partial charge in [-0.2, -0.15) is 0 Å². The van der Waals surface area contributed by atoms with Gasteiger partial charge in [-0.15, -0.1) is 0 Å². The van der Waals surface area contributed by atoms with E-state index >= 15 is 0 Å². The van der Waals surface area contributed by atoms with Gasteiger partial charge < -0.3 is 9.52 Å². The van der Waals surface area contributed by atoms with Crippen LogP contribution in [0, 0.1) is 0 Å². The van der Waals surface area contributed by atoms with Gasteiger partial charge in [-0.3, -0.25) is 4.79 Å². The van der Waals surface area contributed by atoms with Crippen LogP contribution in [0.2, 0.25) is 0 Å². The molecular formula is C29H38O4. The van der Waals surface area contributed by atoms with Gasteiger partial charge in [-0.05, 0) is 57.1 Å². The van der Waals surface area contributed by atoms with Crippen molar-refractivity contribution in [3.05, 3.63) is 95.4 Å². The van der Waals surface area contributed by atoms with E-state index in [0.29, 0.717) is 5.58 Å². The molecule has 2 aromatic rings. The molecule has 178 valence electrons. The minimum absolute atomic E-state index is 0.262. The lowest BCUT2D eigenvalue weighted by molar-refractivity contribution is -0.137. The highest BCUT2D eigenvalue weighted by atomic mass is 16.4. The van der Waals surface area contributed by atoms with Crippen molar-refractivity contribution in [3.8, 4) is 0 Å². The van der Waals surface area contributed by atoms with Gasteiger partial charge in [-0.1, -0.05) is 86.6 Å². The summed E-state index contributed by atoms with van der Waals surface area (Å²) >= 11 is 0. The highest BCUT2D eigenvalue weighted by Gasteiger charge is 1.93. The van der Waals surface area contributed by atoms with Crippen molar-refractivity contribution in [2.24, 2.45) is 0 Å². The van der Waals surface area contributed by atoms with Crippen molar-refractivity contribution >= 4 is 16.9 Å². The Morgan fingerprint density at radius 3 is 1.97 bits per heavy atom. The van der Waals surface area contributed by atoms with Crippen LogP contribution < -0.4 is 5.63 Å². The lowest BCUT2D eigenvalue weighted by Crippen LogP contribution is -1.93. The second-order valence-electron chi connectivity index (χ2n) is 7.67. The normalized spacial score (nSPS) is 11.7. The fourth-order valence-electron chi connectivity index (χ4n) is 2.94. The van der Waals surface area contributed by atoms with E-state index in [1.165, 1.54) is 31.7 Å². The van der Waals surface area contributed by atoms with Gasteiger partial charge in [0.15, 0.2) is 0 Å². The van der Waals surface area contributed by atoms with Gasteiger partial charge in [0.25, 0.3) is 0 Å². The van der Waals surface area contributed by atoms with Crippen molar-refractivity contribution in [3.63, 3.8) is 0 Å². The smallest absolute Gasteiger partial charge is 0.336 e. The van der Waals surface area contributed by atoms with E-state index in [0.717, 1.165) is 37.5 Å². The Balaban J connectivity index is 0.000000405. The molecule has 4 nitrogen and oxygen atoms in total. The Bertz CT molecular complexity index is 947. The van der Waals surface area contributed by atoms with Gasteiger partial charge in [-0.25, -0.2) is 4.79 Å². The molecule has 0 spiro atoms. The molecule has 2 rings (SSSR count). The Labute approximate surface area is 198 Å². The molecule has 0 unspecified atom stereocenters. The van der Waals surface area contributed by atoms with Gasteiger partial charge in [0.05, 0.1) is 0 Å². The van der Waals surface area contributed by atoms with Crippen LogP contribution in [0.5, 0.6) is 0 Å². The van der Waals surface area contributed by atoms with Crippen molar-refractivity contribution < 1.29 is 14.3 Å². The van der Waals surface area contributed by atoms with Crippen LogP contribution in [-0.4, -0.2) is 11.1 Å². The highest BCUT2D eigenvalue weighted by molar-refractivity contribution is 5.75. The molecule has 33 heavy (non-hydrogen) atoms. The number of benzene rings is 1. The third-order valence-corrected chi connectivity index (χ3v) is 4.75. The zero-order valence-corrected chi connectivity index (χ0v) is 19.8. The number of carboxylic acids is 1.